The van der Waals surface area contributed by atoms with E-state index >= 15 is 0 Å². The predicted octanol–water partition coefficient (Wildman–Crippen LogP) is -1.46. The number of morpholine rings is 1. The maximum absolute atomic E-state index is 11.8. The third kappa shape index (κ3) is 2.02. The summed E-state index contributed by atoms with van der Waals surface area (Å²) >= 11 is 0. The van der Waals surface area contributed by atoms with Gasteiger partial charge in [0, 0.05) is 13.1 Å². The van der Waals surface area contributed by atoms with Crippen LogP contribution in [0.4, 0.5) is 4.79 Å². The Balaban J connectivity index is 1.93. The van der Waals surface area contributed by atoms with Crippen LogP contribution in [0.1, 0.15) is 0 Å². The van der Waals surface area contributed by atoms with Crippen molar-refractivity contribution < 1.29 is 19.1 Å². The molecular weight excluding hydrogens is 202 g/mol. The Morgan fingerprint density at radius 2 is 2.07 bits per heavy atom. The van der Waals surface area contributed by atoms with Gasteiger partial charge >= 0.3 is 6.09 Å². The monoisotopic (exact) mass is 215 g/mol. The lowest BCUT2D eigenvalue weighted by molar-refractivity contribution is -0.142. The molecule has 2 fully saturated rings. The van der Waals surface area contributed by atoms with Crippen LogP contribution in [-0.2, 0) is 14.3 Å². The number of carbonyl (C=O) groups excluding carboxylic acids is 2. The fraction of sp³-hybridized carbons (Fsp3) is 0.750. The number of ether oxygens (including phenoxy) is 2. The number of hydrogen-bond acceptors (Lipinski definition) is 5. The summed E-state index contributed by atoms with van der Waals surface area (Å²) in [5, 5.41) is 0.906. The first-order chi connectivity index (χ1) is 7.18. The zero-order chi connectivity index (χ0) is 10.8. The van der Waals surface area contributed by atoms with Crippen molar-refractivity contribution in [2.45, 2.75) is 6.10 Å². The van der Waals surface area contributed by atoms with Crippen molar-refractivity contribution in [3.8, 4) is 0 Å². The van der Waals surface area contributed by atoms with E-state index in [1.165, 1.54) is 0 Å². The Morgan fingerprint density at radius 1 is 1.40 bits per heavy atom. The van der Waals surface area contributed by atoms with E-state index in [1.807, 2.05) is 0 Å². The molecule has 0 bridgehead atoms. The number of hydrogen-bond donors (Lipinski definition) is 1. The molecule has 15 heavy (non-hydrogen) atoms. The molecule has 2 heterocycles. The van der Waals surface area contributed by atoms with Gasteiger partial charge in [0.2, 0.25) is 6.10 Å². The Labute approximate surface area is 86.7 Å². The summed E-state index contributed by atoms with van der Waals surface area (Å²) in [6.45, 7) is 2.25. The molecule has 7 nitrogen and oxygen atoms in total. The van der Waals surface area contributed by atoms with Gasteiger partial charge in [0.25, 0.3) is 5.91 Å². The molecule has 2 rings (SSSR count). The van der Waals surface area contributed by atoms with Gasteiger partial charge in [-0.1, -0.05) is 0 Å². The van der Waals surface area contributed by atoms with Crippen molar-refractivity contribution in [3.63, 3.8) is 0 Å². The maximum atomic E-state index is 11.8. The predicted molar refractivity (Wildman–Crippen MR) is 48.6 cm³/mol. The number of nitrogens with zero attached hydrogens (tertiary/aromatic N) is 2. The van der Waals surface area contributed by atoms with Gasteiger partial charge in [0.15, 0.2) is 0 Å². The third-order valence-electron chi connectivity index (χ3n) is 2.44. The highest BCUT2D eigenvalue weighted by atomic mass is 16.6. The highest BCUT2D eigenvalue weighted by Crippen LogP contribution is 2.11. The van der Waals surface area contributed by atoms with E-state index < -0.39 is 12.2 Å². The second kappa shape index (κ2) is 4.03. The number of nitrogens with two attached hydrogens (primary N) is 1. The lowest BCUT2D eigenvalue weighted by Gasteiger charge is -2.28. The molecule has 2 saturated heterocycles. The summed E-state index contributed by atoms with van der Waals surface area (Å²) in [6, 6.07) is 0. The molecule has 0 aromatic carbocycles. The number of hydrazine groups is 1. The Bertz CT molecular complexity index is 277. The molecule has 1 atom stereocenters. The number of carbonyl (C=O) groups is 2. The first kappa shape index (κ1) is 10.2. The van der Waals surface area contributed by atoms with Gasteiger partial charge in [-0.3, -0.25) is 4.79 Å². The normalized spacial score (nSPS) is 26.7. The molecule has 2 amide bonds. The molecule has 2 N–H and O–H groups in total. The Kier molecular flexibility index (Phi) is 2.74. The fourth-order valence-corrected chi connectivity index (χ4v) is 1.60. The molecule has 84 valence electrons. The van der Waals surface area contributed by atoms with E-state index in [0.29, 0.717) is 26.3 Å². The van der Waals surface area contributed by atoms with Crippen molar-refractivity contribution >= 4 is 12.0 Å². The molecule has 2 aliphatic rings. The van der Waals surface area contributed by atoms with Crippen LogP contribution < -0.4 is 5.84 Å². The molecule has 0 spiro atoms. The highest BCUT2D eigenvalue weighted by Gasteiger charge is 2.37. The molecule has 0 aromatic heterocycles. The molecule has 0 radical (unpaired) electrons. The van der Waals surface area contributed by atoms with Gasteiger partial charge in [-0.2, -0.15) is 0 Å². The molecular formula is C8H13N3O4. The van der Waals surface area contributed by atoms with Crippen molar-refractivity contribution in [2.24, 2.45) is 5.84 Å². The highest BCUT2D eigenvalue weighted by molar-refractivity contribution is 5.86. The van der Waals surface area contributed by atoms with E-state index in [0.717, 1.165) is 5.01 Å². The minimum Gasteiger partial charge on any atom is -0.433 e. The Morgan fingerprint density at radius 3 is 2.60 bits per heavy atom. The van der Waals surface area contributed by atoms with Gasteiger partial charge in [0.1, 0.15) is 0 Å². The first-order valence-electron chi connectivity index (χ1n) is 4.78. The van der Waals surface area contributed by atoms with Crippen LogP contribution >= 0.6 is 0 Å². The smallest absolute Gasteiger partial charge is 0.425 e. The van der Waals surface area contributed by atoms with Gasteiger partial charge in [-0.25, -0.2) is 15.6 Å². The van der Waals surface area contributed by atoms with Crippen LogP contribution in [-0.4, -0.2) is 60.9 Å². The van der Waals surface area contributed by atoms with Crippen molar-refractivity contribution in [1.82, 2.24) is 9.91 Å². The average molecular weight is 215 g/mol. The number of rotatable bonds is 1. The Hall–Kier alpha value is -1.34. The summed E-state index contributed by atoms with van der Waals surface area (Å²) < 4.78 is 9.94. The van der Waals surface area contributed by atoms with Crippen LogP contribution in [0.25, 0.3) is 0 Å². The fourth-order valence-electron chi connectivity index (χ4n) is 1.60. The summed E-state index contributed by atoms with van der Waals surface area (Å²) in [5.74, 6) is 5.10. The van der Waals surface area contributed by atoms with Crippen LogP contribution in [0, 0.1) is 0 Å². The van der Waals surface area contributed by atoms with Crippen molar-refractivity contribution in [2.75, 3.05) is 32.8 Å². The van der Waals surface area contributed by atoms with E-state index in [-0.39, 0.29) is 12.5 Å². The van der Waals surface area contributed by atoms with E-state index in [1.54, 1.807) is 4.90 Å². The maximum Gasteiger partial charge on any atom is 0.425 e. The molecule has 0 unspecified atom stereocenters. The standard InChI is InChI=1S/C8H13N3O4/c9-11-5-6(15-8(11)13)7(12)10-1-3-14-4-2-10/h6H,1-5,9H2/t6-/m1/s1. The zero-order valence-electron chi connectivity index (χ0n) is 8.22. The van der Waals surface area contributed by atoms with E-state index in [2.05, 4.69) is 0 Å². The SMILES string of the molecule is NN1C[C@H](C(=O)N2CCOCC2)OC1=O. The quantitative estimate of drug-likeness (QED) is 0.427. The number of amides is 2. The largest absolute Gasteiger partial charge is 0.433 e. The van der Waals surface area contributed by atoms with Gasteiger partial charge in [-0.05, 0) is 0 Å². The average Bonchev–Trinajstić information content (AvgIpc) is 2.59. The summed E-state index contributed by atoms with van der Waals surface area (Å²) in [5.41, 5.74) is 0. The first-order valence-corrected chi connectivity index (χ1v) is 4.78. The van der Waals surface area contributed by atoms with Crippen LogP contribution in [0.2, 0.25) is 0 Å². The van der Waals surface area contributed by atoms with Crippen LogP contribution in [0.3, 0.4) is 0 Å². The molecule has 0 aliphatic carbocycles. The lowest BCUT2D eigenvalue weighted by atomic mass is 10.3. The van der Waals surface area contributed by atoms with Gasteiger partial charge in [-0.15, -0.1) is 0 Å². The molecule has 0 saturated carbocycles. The van der Waals surface area contributed by atoms with E-state index in [4.69, 9.17) is 15.3 Å². The van der Waals surface area contributed by atoms with Gasteiger partial charge < -0.3 is 14.4 Å². The zero-order valence-corrected chi connectivity index (χ0v) is 8.22. The van der Waals surface area contributed by atoms with Gasteiger partial charge in [0.05, 0.1) is 19.8 Å². The van der Waals surface area contributed by atoms with Crippen LogP contribution in [0.5, 0.6) is 0 Å². The second-order valence-electron chi connectivity index (χ2n) is 3.46. The van der Waals surface area contributed by atoms with Crippen molar-refractivity contribution in [3.05, 3.63) is 0 Å². The lowest BCUT2D eigenvalue weighted by Crippen LogP contribution is -2.47. The summed E-state index contributed by atoms with van der Waals surface area (Å²) in [4.78, 5) is 24.4. The van der Waals surface area contributed by atoms with E-state index in [9.17, 15) is 9.59 Å². The summed E-state index contributed by atoms with van der Waals surface area (Å²) in [7, 11) is 0. The minimum atomic E-state index is -0.763. The third-order valence-corrected chi connectivity index (χ3v) is 2.44. The molecule has 7 heteroatoms. The van der Waals surface area contributed by atoms with Crippen LogP contribution in [0.15, 0.2) is 0 Å². The topological polar surface area (TPSA) is 85.1 Å². The minimum absolute atomic E-state index is 0.120. The van der Waals surface area contributed by atoms with Crippen molar-refractivity contribution in [1.29, 1.82) is 0 Å². The molecule has 0 aromatic rings. The second-order valence-corrected chi connectivity index (χ2v) is 3.46. The number of cyclic esters (lactones) is 1. The summed E-state index contributed by atoms with van der Waals surface area (Å²) in [6.07, 6.45) is -1.41. The molecule has 2 aliphatic heterocycles.